The normalized spacial score (nSPS) is 17.2. The summed E-state index contributed by atoms with van der Waals surface area (Å²) in [7, 11) is 0. The van der Waals surface area contributed by atoms with E-state index < -0.39 is 0 Å². The summed E-state index contributed by atoms with van der Waals surface area (Å²) in [5, 5.41) is 3.06. The van der Waals surface area contributed by atoms with Gasteiger partial charge in [0.25, 0.3) is 0 Å². The summed E-state index contributed by atoms with van der Waals surface area (Å²) < 4.78 is 0. The van der Waals surface area contributed by atoms with Crippen LogP contribution in [0.2, 0.25) is 0 Å². The summed E-state index contributed by atoms with van der Waals surface area (Å²) >= 11 is 0. The van der Waals surface area contributed by atoms with Crippen LogP contribution in [0.4, 0.5) is 16.3 Å². The lowest BCUT2D eigenvalue weighted by Crippen LogP contribution is -2.51. The summed E-state index contributed by atoms with van der Waals surface area (Å²) in [6.45, 7) is 10.2. The van der Waals surface area contributed by atoms with E-state index in [1.807, 2.05) is 11.1 Å². The maximum atomic E-state index is 12.6. The average molecular weight is 408 g/mol. The molecule has 0 bridgehead atoms. The second kappa shape index (κ2) is 9.37. The maximum absolute atomic E-state index is 12.6. The minimum Gasteiger partial charge on any atom is -0.368 e. The number of carbonyl (C=O) groups is 1. The molecule has 0 radical (unpaired) electrons. The molecule has 0 aliphatic carbocycles. The van der Waals surface area contributed by atoms with Crippen molar-refractivity contribution >= 4 is 17.5 Å². The number of hydrogen-bond donors (Lipinski definition) is 1. The molecule has 2 saturated heterocycles. The van der Waals surface area contributed by atoms with E-state index in [1.54, 1.807) is 0 Å². The van der Waals surface area contributed by atoms with Gasteiger partial charge in [0.15, 0.2) is 0 Å². The lowest BCUT2D eigenvalue weighted by Gasteiger charge is -2.37. The molecule has 3 heterocycles. The lowest BCUT2D eigenvalue weighted by atomic mass is 10.1. The number of aryl methyl sites for hydroxylation is 1. The van der Waals surface area contributed by atoms with Crippen molar-refractivity contribution in [1.82, 2.24) is 15.2 Å². The van der Waals surface area contributed by atoms with Gasteiger partial charge in [-0.1, -0.05) is 18.2 Å². The molecular weight excluding hydrogens is 374 g/mol. The molecule has 2 fully saturated rings. The van der Waals surface area contributed by atoms with Crippen molar-refractivity contribution in [2.45, 2.75) is 39.7 Å². The van der Waals surface area contributed by atoms with E-state index in [-0.39, 0.29) is 6.03 Å². The third-order valence-electron chi connectivity index (χ3n) is 6.42. The number of urea groups is 1. The van der Waals surface area contributed by atoms with Crippen LogP contribution in [0.25, 0.3) is 0 Å². The molecule has 6 heteroatoms. The van der Waals surface area contributed by atoms with Gasteiger partial charge in [0.2, 0.25) is 0 Å². The van der Waals surface area contributed by atoms with Crippen LogP contribution in [0.5, 0.6) is 0 Å². The summed E-state index contributed by atoms with van der Waals surface area (Å²) in [5.41, 5.74) is 4.97. The molecule has 0 atom stereocenters. The van der Waals surface area contributed by atoms with Gasteiger partial charge in [-0.3, -0.25) is 0 Å². The molecule has 2 aliphatic rings. The van der Waals surface area contributed by atoms with Crippen molar-refractivity contribution in [3.05, 3.63) is 53.2 Å². The number of nitrogens with zero attached hydrogens (tertiary/aromatic N) is 4. The molecule has 2 aliphatic heterocycles. The number of piperazine rings is 1. The molecule has 2 amide bonds. The molecule has 6 nitrogen and oxygen atoms in total. The van der Waals surface area contributed by atoms with Crippen LogP contribution >= 0.6 is 0 Å². The molecule has 1 aromatic heterocycles. The fourth-order valence-electron chi connectivity index (χ4n) is 4.35. The molecule has 1 N–H and O–H groups in total. The monoisotopic (exact) mass is 407 g/mol. The summed E-state index contributed by atoms with van der Waals surface area (Å²) in [6.07, 6.45) is 5.70. The molecule has 160 valence electrons. The third-order valence-corrected chi connectivity index (χ3v) is 6.42. The van der Waals surface area contributed by atoms with Gasteiger partial charge in [-0.2, -0.15) is 0 Å². The standard InChI is InChI=1S/C24H33N5O/c1-19-7-6-8-22(20(19)2)27-13-15-29(16-14-27)24(30)26-18-21-9-10-23(25-17-21)28-11-4-3-5-12-28/h6-10,17H,3-5,11-16,18H2,1-2H3,(H,26,30). The van der Waals surface area contributed by atoms with Crippen LogP contribution in [-0.2, 0) is 6.54 Å². The van der Waals surface area contributed by atoms with Crippen LogP contribution in [0.15, 0.2) is 36.5 Å². The Morgan fingerprint density at radius 2 is 1.70 bits per heavy atom. The van der Waals surface area contributed by atoms with Crippen molar-refractivity contribution in [2.24, 2.45) is 0 Å². The van der Waals surface area contributed by atoms with Crippen LogP contribution in [0.1, 0.15) is 36.0 Å². The zero-order chi connectivity index (χ0) is 20.9. The highest BCUT2D eigenvalue weighted by molar-refractivity contribution is 5.74. The molecule has 1 aromatic carbocycles. The maximum Gasteiger partial charge on any atom is 0.317 e. The van der Waals surface area contributed by atoms with E-state index in [9.17, 15) is 4.79 Å². The quantitative estimate of drug-likeness (QED) is 0.839. The predicted octanol–water partition coefficient (Wildman–Crippen LogP) is 3.72. The van der Waals surface area contributed by atoms with Gasteiger partial charge in [0.05, 0.1) is 0 Å². The van der Waals surface area contributed by atoms with Gasteiger partial charge in [-0.05, 0) is 61.9 Å². The van der Waals surface area contributed by atoms with Crippen LogP contribution in [-0.4, -0.2) is 55.2 Å². The Bertz CT molecular complexity index is 852. The minimum absolute atomic E-state index is 0.00993. The first kappa shape index (κ1) is 20.5. The molecule has 30 heavy (non-hydrogen) atoms. The van der Waals surface area contributed by atoms with E-state index >= 15 is 0 Å². The molecular formula is C24H33N5O. The number of aromatic nitrogens is 1. The SMILES string of the molecule is Cc1cccc(N2CCN(C(=O)NCc3ccc(N4CCCCC4)nc3)CC2)c1C. The zero-order valence-corrected chi connectivity index (χ0v) is 18.2. The summed E-state index contributed by atoms with van der Waals surface area (Å²) in [5.74, 6) is 1.05. The van der Waals surface area contributed by atoms with Gasteiger partial charge in [0.1, 0.15) is 5.82 Å². The van der Waals surface area contributed by atoms with Crippen LogP contribution in [0, 0.1) is 13.8 Å². The summed E-state index contributed by atoms with van der Waals surface area (Å²) in [6, 6.07) is 10.6. The number of nitrogens with one attached hydrogen (secondary N) is 1. The number of amides is 2. The first-order valence-corrected chi connectivity index (χ1v) is 11.2. The minimum atomic E-state index is 0.00993. The predicted molar refractivity (Wildman–Crippen MR) is 122 cm³/mol. The second-order valence-corrected chi connectivity index (χ2v) is 8.42. The van der Waals surface area contributed by atoms with Crippen molar-refractivity contribution in [1.29, 1.82) is 0 Å². The first-order chi connectivity index (χ1) is 14.6. The Labute approximate surface area is 179 Å². The molecule has 4 rings (SSSR count). The molecule has 0 unspecified atom stereocenters. The van der Waals surface area contributed by atoms with E-state index in [0.717, 1.165) is 50.6 Å². The first-order valence-electron chi connectivity index (χ1n) is 11.2. The number of rotatable bonds is 4. The Morgan fingerprint density at radius 1 is 0.933 bits per heavy atom. The Hall–Kier alpha value is -2.76. The molecule has 0 spiro atoms. The van der Waals surface area contributed by atoms with E-state index in [0.29, 0.717) is 6.54 Å². The number of anilines is 2. The fourth-order valence-corrected chi connectivity index (χ4v) is 4.35. The topological polar surface area (TPSA) is 51.7 Å². The second-order valence-electron chi connectivity index (χ2n) is 8.42. The van der Waals surface area contributed by atoms with Crippen molar-refractivity contribution < 1.29 is 4.79 Å². The third kappa shape index (κ3) is 4.69. The van der Waals surface area contributed by atoms with E-state index in [4.69, 9.17) is 0 Å². The Kier molecular flexibility index (Phi) is 6.41. The Morgan fingerprint density at radius 3 is 2.40 bits per heavy atom. The van der Waals surface area contributed by atoms with E-state index in [1.165, 1.54) is 36.1 Å². The highest BCUT2D eigenvalue weighted by atomic mass is 16.2. The van der Waals surface area contributed by atoms with E-state index in [2.05, 4.69) is 64.3 Å². The van der Waals surface area contributed by atoms with Gasteiger partial charge < -0.3 is 20.0 Å². The number of piperidine rings is 1. The van der Waals surface area contributed by atoms with Gasteiger partial charge in [-0.25, -0.2) is 9.78 Å². The van der Waals surface area contributed by atoms with Gasteiger partial charge in [0, 0.05) is 57.7 Å². The highest BCUT2D eigenvalue weighted by Gasteiger charge is 2.22. The highest BCUT2D eigenvalue weighted by Crippen LogP contribution is 2.24. The van der Waals surface area contributed by atoms with Crippen LogP contribution < -0.4 is 15.1 Å². The molecule has 2 aromatic rings. The largest absolute Gasteiger partial charge is 0.368 e. The van der Waals surface area contributed by atoms with Crippen molar-refractivity contribution in [2.75, 3.05) is 49.1 Å². The lowest BCUT2D eigenvalue weighted by molar-refractivity contribution is 0.194. The number of hydrogen-bond acceptors (Lipinski definition) is 4. The number of pyridine rings is 1. The number of carbonyl (C=O) groups excluding carboxylic acids is 1. The molecule has 0 saturated carbocycles. The van der Waals surface area contributed by atoms with Gasteiger partial charge >= 0.3 is 6.03 Å². The number of benzene rings is 1. The van der Waals surface area contributed by atoms with Crippen molar-refractivity contribution in [3.8, 4) is 0 Å². The smallest absolute Gasteiger partial charge is 0.317 e. The Balaban J connectivity index is 1.25. The fraction of sp³-hybridized carbons (Fsp3) is 0.500. The van der Waals surface area contributed by atoms with Crippen LogP contribution in [0.3, 0.4) is 0 Å². The van der Waals surface area contributed by atoms with Gasteiger partial charge in [-0.15, -0.1) is 0 Å². The summed E-state index contributed by atoms with van der Waals surface area (Å²) in [4.78, 5) is 23.9. The average Bonchev–Trinajstić information content (AvgIpc) is 2.80. The van der Waals surface area contributed by atoms with Crippen molar-refractivity contribution in [3.63, 3.8) is 0 Å². The zero-order valence-electron chi connectivity index (χ0n) is 18.2.